The second-order valence-electron chi connectivity index (χ2n) is 5.47. The normalized spacial score (nSPS) is 10.8. The van der Waals surface area contributed by atoms with E-state index in [1.807, 2.05) is 53.1 Å². The van der Waals surface area contributed by atoms with Crippen LogP contribution < -0.4 is 0 Å². The molecule has 3 aromatic heterocycles. The van der Waals surface area contributed by atoms with E-state index in [9.17, 15) is 4.79 Å². The number of hydrogen-bond donors (Lipinski definition) is 1. The van der Waals surface area contributed by atoms with E-state index in [1.165, 1.54) is 23.1 Å². The summed E-state index contributed by atoms with van der Waals surface area (Å²) in [7, 11) is 0. The van der Waals surface area contributed by atoms with Crippen LogP contribution in [0.25, 0.3) is 17.2 Å². The first-order valence-corrected chi connectivity index (χ1v) is 9.66. The summed E-state index contributed by atoms with van der Waals surface area (Å²) in [5.41, 5.74) is 2.16. The van der Waals surface area contributed by atoms with Crippen LogP contribution in [-0.2, 0) is 11.2 Å². The maximum atomic E-state index is 10.9. The van der Waals surface area contributed by atoms with E-state index in [1.54, 1.807) is 11.6 Å². The van der Waals surface area contributed by atoms with E-state index in [4.69, 9.17) is 5.11 Å². The zero-order valence-corrected chi connectivity index (χ0v) is 15.5. The molecule has 9 heteroatoms. The Balaban J connectivity index is 1.74. The molecule has 0 aliphatic rings. The molecule has 27 heavy (non-hydrogen) atoms. The van der Waals surface area contributed by atoms with Crippen LogP contribution in [0.15, 0.2) is 69.6 Å². The van der Waals surface area contributed by atoms with Gasteiger partial charge in [0.05, 0.1) is 12.1 Å². The molecule has 0 aliphatic heterocycles. The van der Waals surface area contributed by atoms with Crippen molar-refractivity contribution < 1.29 is 9.90 Å². The van der Waals surface area contributed by atoms with Gasteiger partial charge in [0, 0.05) is 17.3 Å². The molecule has 0 saturated carbocycles. The van der Waals surface area contributed by atoms with Crippen LogP contribution in [0.2, 0.25) is 0 Å². The smallest absolute Gasteiger partial charge is 0.309 e. The van der Waals surface area contributed by atoms with E-state index in [0.29, 0.717) is 26.7 Å². The molecule has 0 spiro atoms. The molecular formula is C18H13N5O2S2. The number of para-hydroxylation sites is 1. The van der Waals surface area contributed by atoms with E-state index >= 15 is 0 Å². The van der Waals surface area contributed by atoms with Crippen molar-refractivity contribution in [2.24, 2.45) is 0 Å². The van der Waals surface area contributed by atoms with Gasteiger partial charge in [-0.1, -0.05) is 24.3 Å². The number of aliphatic carboxylic acids is 1. The Morgan fingerprint density at radius 3 is 2.67 bits per heavy atom. The van der Waals surface area contributed by atoms with Crippen molar-refractivity contribution in [1.29, 1.82) is 0 Å². The van der Waals surface area contributed by atoms with Gasteiger partial charge in [-0.3, -0.25) is 14.3 Å². The predicted molar refractivity (Wildman–Crippen MR) is 102 cm³/mol. The van der Waals surface area contributed by atoms with Crippen molar-refractivity contribution in [3.05, 3.63) is 65.8 Å². The maximum absolute atomic E-state index is 10.9. The number of carboxylic acid groups (broad SMARTS) is 1. The molecule has 3 heterocycles. The number of carbonyl (C=O) groups is 1. The third-order valence-corrected chi connectivity index (χ3v) is 5.52. The summed E-state index contributed by atoms with van der Waals surface area (Å²) >= 11 is 2.74. The summed E-state index contributed by atoms with van der Waals surface area (Å²) in [6.45, 7) is 0. The Kier molecular flexibility index (Phi) is 4.95. The third kappa shape index (κ3) is 3.88. The summed E-state index contributed by atoms with van der Waals surface area (Å²) in [4.78, 5) is 19.6. The number of carboxylic acids is 1. The van der Waals surface area contributed by atoms with Crippen molar-refractivity contribution in [3.63, 3.8) is 0 Å². The van der Waals surface area contributed by atoms with Crippen LogP contribution in [-0.4, -0.2) is 35.8 Å². The summed E-state index contributed by atoms with van der Waals surface area (Å²) < 4.78 is 2.63. The Hall–Kier alpha value is -3.04. The van der Waals surface area contributed by atoms with Gasteiger partial charge < -0.3 is 5.11 Å². The molecule has 1 N–H and O–H groups in total. The summed E-state index contributed by atoms with van der Waals surface area (Å²) in [5, 5.41) is 19.9. The molecule has 0 fully saturated rings. The standard InChI is InChI=1S/C18H13N5O2S2/c24-15(25)10-12-11-26-18(20-12)27-17-22-21-16(14-8-4-5-9-19-14)23(17)13-6-2-1-3-7-13/h1-9,11H,10H2,(H,24,25). The molecule has 4 rings (SSSR count). The zero-order chi connectivity index (χ0) is 18.6. The van der Waals surface area contributed by atoms with Crippen LogP contribution >= 0.6 is 23.1 Å². The van der Waals surface area contributed by atoms with Gasteiger partial charge in [-0.2, -0.15) is 0 Å². The molecular weight excluding hydrogens is 382 g/mol. The fourth-order valence-corrected chi connectivity index (χ4v) is 4.24. The lowest BCUT2D eigenvalue weighted by Gasteiger charge is -2.08. The second-order valence-corrected chi connectivity index (χ2v) is 7.54. The third-order valence-electron chi connectivity index (χ3n) is 3.58. The molecule has 0 unspecified atom stereocenters. The SMILES string of the molecule is O=C(O)Cc1csc(Sc2nnc(-c3ccccn3)n2-c2ccccc2)n1. The minimum absolute atomic E-state index is 0.0956. The van der Waals surface area contributed by atoms with Crippen LogP contribution in [0.1, 0.15) is 5.69 Å². The highest BCUT2D eigenvalue weighted by Crippen LogP contribution is 2.33. The summed E-state index contributed by atoms with van der Waals surface area (Å²) in [6, 6.07) is 15.4. The Labute approximate surface area is 162 Å². The molecule has 0 saturated heterocycles. The lowest BCUT2D eigenvalue weighted by molar-refractivity contribution is -0.136. The van der Waals surface area contributed by atoms with Gasteiger partial charge in [0.25, 0.3) is 0 Å². The first kappa shape index (κ1) is 17.4. The lowest BCUT2D eigenvalue weighted by atomic mass is 10.3. The number of benzene rings is 1. The molecule has 0 bridgehead atoms. The molecule has 7 nitrogen and oxygen atoms in total. The largest absolute Gasteiger partial charge is 0.481 e. The van der Waals surface area contributed by atoms with Crippen molar-refractivity contribution in [3.8, 4) is 17.2 Å². The molecule has 0 radical (unpaired) electrons. The average molecular weight is 395 g/mol. The van der Waals surface area contributed by atoms with Gasteiger partial charge in [-0.15, -0.1) is 21.5 Å². The van der Waals surface area contributed by atoms with Gasteiger partial charge in [0.1, 0.15) is 5.69 Å². The van der Waals surface area contributed by atoms with Crippen molar-refractivity contribution in [2.45, 2.75) is 15.9 Å². The number of aromatic nitrogens is 5. The number of hydrogen-bond acceptors (Lipinski definition) is 7. The van der Waals surface area contributed by atoms with Crippen LogP contribution in [0.4, 0.5) is 0 Å². The maximum Gasteiger partial charge on any atom is 0.309 e. The Bertz CT molecular complexity index is 1060. The molecule has 0 aliphatic carbocycles. The first-order valence-electron chi connectivity index (χ1n) is 7.97. The van der Waals surface area contributed by atoms with Gasteiger partial charge in [-0.05, 0) is 36.0 Å². The van der Waals surface area contributed by atoms with Crippen LogP contribution in [0, 0.1) is 0 Å². The topological polar surface area (TPSA) is 93.8 Å². The van der Waals surface area contributed by atoms with E-state index in [0.717, 1.165) is 5.69 Å². The predicted octanol–water partition coefficient (Wildman–Crippen LogP) is 3.56. The highest BCUT2D eigenvalue weighted by Gasteiger charge is 2.19. The number of nitrogens with zero attached hydrogens (tertiary/aromatic N) is 5. The number of thiazole rings is 1. The van der Waals surface area contributed by atoms with Crippen molar-refractivity contribution >= 4 is 29.1 Å². The molecule has 1 aromatic carbocycles. The van der Waals surface area contributed by atoms with Crippen molar-refractivity contribution in [2.75, 3.05) is 0 Å². The molecule has 0 atom stereocenters. The van der Waals surface area contributed by atoms with Gasteiger partial charge in [0.15, 0.2) is 10.2 Å². The highest BCUT2D eigenvalue weighted by atomic mass is 32.2. The van der Waals surface area contributed by atoms with Gasteiger partial charge in [-0.25, -0.2) is 4.98 Å². The molecule has 4 aromatic rings. The van der Waals surface area contributed by atoms with E-state index in [-0.39, 0.29) is 6.42 Å². The zero-order valence-electron chi connectivity index (χ0n) is 13.9. The monoisotopic (exact) mass is 395 g/mol. The first-order chi connectivity index (χ1) is 13.2. The Morgan fingerprint density at radius 2 is 1.93 bits per heavy atom. The highest BCUT2D eigenvalue weighted by molar-refractivity contribution is 8.00. The van der Waals surface area contributed by atoms with E-state index < -0.39 is 5.97 Å². The fourth-order valence-electron chi connectivity index (χ4n) is 2.46. The van der Waals surface area contributed by atoms with Crippen LogP contribution in [0.5, 0.6) is 0 Å². The van der Waals surface area contributed by atoms with Gasteiger partial charge >= 0.3 is 5.97 Å². The van der Waals surface area contributed by atoms with E-state index in [2.05, 4.69) is 20.2 Å². The quantitative estimate of drug-likeness (QED) is 0.533. The number of rotatable bonds is 6. The number of pyridine rings is 1. The summed E-state index contributed by atoms with van der Waals surface area (Å²) in [5.74, 6) is -0.270. The molecule has 134 valence electrons. The lowest BCUT2D eigenvalue weighted by Crippen LogP contribution is -2.01. The Morgan fingerprint density at radius 1 is 1.11 bits per heavy atom. The van der Waals surface area contributed by atoms with Crippen molar-refractivity contribution in [1.82, 2.24) is 24.7 Å². The molecule has 0 amide bonds. The fraction of sp³-hybridized carbons (Fsp3) is 0.0556. The second kappa shape index (κ2) is 7.68. The minimum Gasteiger partial charge on any atom is -0.481 e. The minimum atomic E-state index is -0.901. The van der Waals surface area contributed by atoms with Crippen LogP contribution in [0.3, 0.4) is 0 Å². The van der Waals surface area contributed by atoms with Gasteiger partial charge in [0.2, 0.25) is 5.16 Å². The summed E-state index contributed by atoms with van der Waals surface area (Å²) in [6.07, 6.45) is 1.62. The average Bonchev–Trinajstić information content (AvgIpc) is 3.30.